The molecule has 1 nitrogen and oxygen atoms in total. The quantitative estimate of drug-likeness (QED) is 0.883. The fourth-order valence-electron chi connectivity index (χ4n) is 2.80. The lowest BCUT2D eigenvalue weighted by molar-refractivity contribution is 0.148. The van der Waals surface area contributed by atoms with E-state index in [1.54, 1.807) is 12.1 Å². The second kappa shape index (κ2) is 5.66. The van der Waals surface area contributed by atoms with Gasteiger partial charge in [-0.1, -0.05) is 46.3 Å². The molecule has 2 aromatic carbocycles. The largest absolute Gasteiger partial charge is 0.392 e. The summed E-state index contributed by atoms with van der Waals surface area (Å²) in [5, 5.41) is 10.3. The van der Waals surface area contributed by atoms with E-state index in [2.05, 4.69) is 28.1 Å². The smallest absolute Gasteiger partial charge is 0.126 e. The topological polar surface area (TPSA) is 20.2 Å². The third-order valence-corrected chi connectivity index (χ3v) is 4.49. The molecule has 1 saturated carbocycles. The Morgan fingerprint density at radius 2 is 1.95 bits per heavy atom. The van der Waals surface area contributed by atoms with Crippen LogP contribution >= 0.6 is 15.9 Å². The van der Waals surface area contributed by atoms with Crippen LogP contribution < -0.4 is 0 Å². The fraction of sp³-hybridized carbons (Fsp3) is 0.294. The van der Waals surface area contributed by atoms with Gasteiger partial charge in [-0.05, 0) is 47.6 Å². The minimum Gasteiger partial charge on any atom is -0.392 e. The Morgan fingerprint density at radius 1 is 1.20 bits per heavy atom. The van der Waals surface area contributed by atoms with Gasteiger partial charge in [0.2, 0.25) is 0 Å². The summed E-state index contributed by atoms with van der Waals surface area (Å²) in [5.41, 5.74) is 1.84. The molecule has 0 saturated heterocycles. The lowest BCUT2D eigenvalue weighted by Gasteiger charge is -2.11. The second-order valence-corrected chi connectivity index (χ2v) is 6.34. The van der Waals surface area contributed by atoms with Crippen molar-refractivity contribution in [2.75, 3.05) is 0 Å². The van der Waals surface area contributed by atoms with Crippen LogP contribution in [0, 0.1) is 11.7 Å². The molecule has 1 N–H and O–H groups in total. The predicted octanol–water partition coefficient (Wildman–Crippen LogP) is 4.30. The van der Waals surface area contributed by atoms with E-state index >= 15 is 0 Å². The maximum atomic E-state index is 13.7. The maximum Gasteiger partial charge on any atom is 0.126 e. The van der Waals surface area contributed by atoms with Gasteiger partial charge in [0.05, 0.1) is 6.10 Å². The summed E-state index contributed by atoms with van der Waals surface area (Å²) in [6, 6.07) is 15.1. The molecule has 1 aliphatic rings. The van der Waals surface area contributed by atoms with Gasteiger partial charge >= 0.3 is 0 Å². The standard InChI is InChI=1S/C17H16BrFO/c18-13-6-7-16(19)12(8-13)9-17(20)15-10-14(15)11-4-2-1-3-5-11/h1-8,14-15,17,20H,9-10H2. The third-order valence-electron chi connectivity index (χ3n) is 4.00. The van der Waals surface area contributed by atoms with Crippen LogP contribution in [-0.2, 0) is 6.42 Å². The Morgan fingerprint density at radius 3 is 2.70 bits per heavy atom. The average molecular weight is 335 g/mol. The Hall–Kier alpha value is -1.19. The Balaban J connectivity index is 1.67. The molecule has 0 bridgehead atoms. The van der Waals surface area contributed by atoms with Crippen molar-refractivity contribution < 1.29 is 9.50 Å². The van der Waals surface area contributed by atoms with Gasteiger partial charge in [-0.15, -0.1) is 0 Å². The van der Waals surface area contributed by atoms with Gasteiger partial charge in [-0.3, -0.25) is 0 Å². The van der Waals surface area contributed by atoms with Crippen molar-refractivity contribution in [1.29, 1.82) is 0 Å². The van der Waals surface area contributed by atoms with Gasteiger partial charge in [-0.2, -0.15) is 0 Å². The molecule has 104 valence electrons. The summed E-state index contributed by atoms with van der Waals surface area (Å²) in [6.45, 7) is 0. The van der Waals surface area contributed by atoms with Crippen LogP contribution in [0.1, 0.15) is 23.5 Å². The van der Waals surface area contributed by atoms with Gasteiger partial charge in [0.15, 0.2) is 0 Å². The van der Waals surface area contributed by atoms with Crippen molar-refractivity contribution in [3.05, 3.63) is 69.9 Å². The molecule has 0 aromatic heterocycles. The van der Waals surface area contributed by atoms with Crippen molar-refractivity contribution in [3.63, 3.8) is 0 Å². The van der Waals surface area contributed by atoms with Crippen LogP contribution in [0.25, 0.3) is 0 Å². The molecule has 0 heterocycles. The highest BCUT2D eigenvalue weighted by atomic mass is 79.9. The molecular weight excluding hydrogens is 319 g/mol. The molecule has 3 atom stereocenters. The van der Waals surface area contributed by atoms with Crippen molar-refractivity contribution in [2.45, 2.75) is 24.9 Å². The first kappa shape index (κ1) is 13.8. The summed E-state index contributed by atoms with van der Waals surface area (Å²) in [6.07, 6.45) is 0.879. The first-order valence-corrected chi connectivity index (χ1v) is 7.61. The summed E-state index contributed by atoms with van der Waals surface area (Å²) < 4.78 is 14.5. The molecular formula is C17H16BrFO. The molecule has 0 radical (unpaired) electrons. The summed E-state index contributed by atoms with van der Waals surface area (Å²) in [5.74, 6) is 0.418. The molecule has 3 heteroatoms. The van der Waals surface area contributed by atoms with Crippen molar-refractivity contribution in [3.8, 4) is 0 Å². The number of hydrogen-bond acceptors (Lipinski definition) is 1. The number of aliphatic hydroxyl groups excluding tert-OH is 1. The van der Waals surface area contributed by atoms with E-state index in [1.165, 1.54) is 11.6 Å². The van der Waals surface area contributed by atoms with Gasteiger partial charge in [0.1, 0.15) is 5.82 Å². The number of benzene rings is 2. The lowest BCUT2D eigenvalue weighted by atomic mass is 10.0. The van der Waals surface area contributed by atoms with E-state index in [0.29, 0.717) is 17.9 Å². The maximum absolute atomic E-state index is 13.7. The van der Waals surface area contributed by atoms with Crippen LogP contribution in [0.15, 0.2) is 53.0 Å². The molecule has 20 heavy (non-hydrogen) atoms. The SMILES string of the molecule is OC(Cc1cc(Br)ccc1F)C1CC1c1ccccc1. The number of rotatable bonds is 4. The molecule has 0 aliphatic heterocycles. The van der Waals surface area contributed by atoms with Crippen molar-refractivity contribution in [2.24, 2.45) is 5.92 Å². The lowest BCUT2D eigenvalue weighted by Crippen LogP contribution is -2.15. The number of aliphatic hydroxyl groups is 1. The first-order chi connectivity index (χ1) is 9.65. The predicted molar refractivity (Wildman–Crippen MR) is 81.1 cm³/mol. The number of halogens is 2. The summed E-state index contributed by atoms with van der Waals surface area (Å²) >= 11 is 3.34. The zero-order valence-corrected chi connectivity index (χ0v) is 12.6. The monoisotopic (exact) mass is 334 g/mol. The van der Waals surface area contributed by atoms with E-state index in [0.717, 1.165) is 10.9 Å². The fourth-order valence-corrected chi connectivity index (χ4v) is 3.21. The Kier molecular flexibility index (Phi) is 3.90. The van der Waals surface area contributed by atoms with Gasteiger partial charge in [0.25, 0.3) is 0 Å². The molecule has 1 fully saturated rings. The average Bonchev–Trinajstić information content (AvgIpc) is 3.24. The molecule has 3 rings (SSSR count). The minimum absolute atomic E-state index is 0.246. The number of hydrogen-bond donors (Lipinski definition) is 1. The molecule has 0 spiro atoms. The Labute approximate surface area is 126 Å². The Bertz CT molecular complexity index is 599. The second-order valence-electron chi connectivity index (χ2n) is 5.42. The van der Waals surface area contributed by atoms with E-state index in [1.807, 2.05) is 18.2 Å². The van der Waals surface area contributed by atoms with Gasteiger partial charge < -0.3 is 5.11 Å². The highest BCUT2D eigenvalue weighted by Crippen LogP contribution is 2.50. The van der Waals surface area contributed by atoms with Crippen LogP contribution in [0.4, 0.5) is 4.39 Å². The van der Waals surface area contributed by atoms with Crippen molar-refractivity contribution >= 4 is 15.9 Å². The van der Waals surface area contributed by atoms with E-state index in [9.17, 15) is 9.50 Å². The third kappa shape index (κ3) is 2.94. The van der Waals surface area contributed by atoms with Crippen LogP contribution in [-0.4, -0.2) is 11.2 Å². The highest BCUT2D eigenvalue weighted by molar-refractivity contribution is 9.10. The molecule has 2 aromatic rings. The molecule has 0 amide bonds. The highest BCUT2D eigenvalue weighted by Gasteiger charge is 2.43. The van der Waals surface area contributed by atoms with Crippen LogP contribution in [0.2, 0.25) is 0 Å². The summed E-state index contributed by atoms with van der Waals surface area (Å²) in [7, 11) is 0. The normalized spacial score (nSPS) is 22.6. The first-order valence-electron chi connectivity index (χ1n) is 6.82. The zero-order chi connectivity index (χ0) is 14.1. The van der Waals surface area contributed by atoms with Crippen LogP contribution in [0.5, 0.6) is 0 Å². The zero-order valence-electron chi connectivity index (χ0n) is 11.0. The van der Waals surface area contributed by atoms with Crippen LogP contribution in [0.3, 0.4) is 0 Å². The summed E-state index contributed by atoms with van der Waals surface area (Å²) in [4.78, 5) is 0. The van der Waals surface area contributed by atoms with E-state index < -0.39 is 6.10 Å². The van der Waals surface area contributed by atoms with Gasteiger partial charge in [0, 0.05) is 10.9 Å². The minimum atomic E-state index is -0.482. The molecule has 3 unspecified atom stereocenters. The van der Waals surface area contributed by atoms with E-state index in [-0.39, 0.29) is 11.7 Å². The molecule has 1 aliphatic carbocycles. The van der Waals surface area contributed by atoms with E-state index in [4.69, 9.17) is 0 Å². The van der Waals surface area contributed by atoms with Crippen molar-refractivity contribution in [1.82, 2.24) is 0 Å². The van der Waals surface area contributed by atoms with Gasteiger partial charge in [-0.25, -0.2) is 4.39 Å².